The number of aromatic nitrogens is 3. The van der Waals surface area contributed by atoms with Crippen LogP contribution in [0.15, 0.2) is 36.7 Å². The van der Waals surface area contributed by atoms with Crippen molar-refractivity contribution in [1.29, 1.82) is 0 Å². The van der Waals surface area contributed by atoms with Crippen LogP contribution in [0.3, 0.4) is 0 Å². The molecule has 1 heterocycles. The summed E-state index contributed by atoms with van der Waals surface area (Å²) in [6.45, 7) is 1.52. The fourth-order valence-corrected chi connectivity index (χ4v) is 1.94. The molecule has 4 nitrogen and oxygen atoms in total. The summed E-state index contributed by atoms with van der Waals surface area (Å²) >= 11 is 0. The van der Waals surface area contributed by atoms with E-state index in [2.05, 4.69) is 39.0 Å². The van der Waals surface area contributed by atoms with Crippen LogP contribution < -0.4 is 0 Å². The van der Waals surface area contributed by atoms with Crippen LogP contribution in [0.1, 0.15) is 17.8 Å². The third kappa shape index (κ3) is 3.67. The van der Waals surface area contributed by atoms with Crippen LogP contribution in [0.25, 0.3) is 0 Å². The van der Waals surface area contributed by atoms with Crippen molar-refractivity contribution < 1.29 is 4.74 Å². The van der Waals surface area contributed by atoms with E-state index in [1.807, 2.05) is 6.07 Å². The molecule has 0 fully saturated rings. The quantitative estimate of drug-likeness (QED) is 0.750. The topological polar surface area (TPSA) is 39.9 Å². The third-order valence-corrected chi connectivity index (χ3v) is 2.94. The Hall–Kier alpha value is -1.68. The fraction of sp³-hybridized carbons (Fsp3) is 0.429. The van der Waals surface area contributed by atoms with Gasteiger partial charge in [-0.1, -0.05) is 30.3 Å². The second-order valence-electron chi connectivity index (χ2n) is 4.27. The molecule has 0 radical (unpaired) electrons. The van der Waals surface area contributed by atoms with E-state index in [4.69, 9.17) is 4.74 Å². The summed E-state index contributed by atoms with van der Waals surface area (Å²) in [5.41, 5.74) is 1.38. The van der Waals surface area contributed by atoms with Gasteiger partial charge in [0, 0.05) is 20.1 Å². The van der Waals surface area contributed by atoms with Gasteiger partial charge in [-0.2, -0.15) is 0 Å². The summed E-state index contributed by atoms with van der Waals surface area (Å²) in [5.74, 6) is 1.04. The molecule has 0 bridgehead atoms. The van der Waals surface area contributed by atoms with Crippen LogP contribution in [0.4, 0.5) is 0 Å². The van der Waals surface area contributed by atoms with Gasteiger partial charge >= 0.3 is 0 Å². The maximum Gasteiger partial charge on any atom is 0.132 e. The lowest BCUT2D eigenvalue weighted by atomic mass is 10.1. The van der Waals surface area contributed by atoms with Crippen LogP contribution in [0.2, 0.25) is 0 Å². The van der Waals surface area contributed by atoms with Gasteiger partial charge in [0.05, 0.1) is 6.61 Å². The molecule has 0 aliphatic rings. The zero-order valence-electron chi connectivity index (χ0n) is 10.7. The van der Waals surface area contributed by atoms with E-state index in [0.29, 0.717) is 6.61 Å². The lowest BCUT2D eigenvalue weighted by molar-refractivity contribution is 0.186. The largest absolute Gasteiger partial charge is 0.383 e. The highest BCUT2D eigenvalue weighted by molar-refractivity contribution is 5.14. The molecule has 0 saturated heterocycles. The Morgan fingerprint density at radius 3 is 2.78 bits per heavy atom. The molecule has 0 spiro atoms. The van der Waals surface area contributed by atoms with Gasteiger partial charge in [0.15, 0.2) is 0 Å². The summed E-state index contributed by atoms with van der Waals surface area (Å²) in [6.07, 6.45) is 4.91. The standard InChI is InChI=1S/C14H19N3O/c1-18-11-10-17-12-15-16-14(17)9-5-8-13-6-3-2-4-7-13/h2-4,6-7,12H,5,8-11H2,1H3. The zero-order chi connectivity index (χ0) is 12.6. The van der Waals surface area contributed by atoms with E-state index >= 15 is 0 Å². The average molecular weight is 245 g/mol. The van der Waals surface area contributed by atoms with Crippen LogP contribution in [-0.4, -0.2) is 28.5 Å². The molecule has 0 saturated carbocycles. The first-order valence-electron chi connectivity index (χ1n) is 6.29. The highest BCUT2D eigenvalue weighted by Crippen LogP contribution is 2.06. The predicted octanol–water partition coefficient (Wildman–Crippen LogP) is 2.10. The first-order chi connectivity index (χ1) is 8.90. The number of hydrogen-bond donors (Lipinski definition) is 0. The van der Waals surface area contributed by atoms with Gasteiger partial charge in [0.2, 0.25) is 0 Å². The maximum atomic E-state index is 5.07. The van der Waals surface area contributed by atoms with Gasteiger partial charge in [-0.3, -0.25) is 0 Å². The minimum absolute atomic E-state index is 0.698. The van der Waals surface area contributed by atoms with Crippen molar-refractivity contribution in [1.82, 2.24) is 14.8 Å². The summed E-state index contributed by atoms with van der Waals surface area (Å²) < 4.78 is 7.13. The van der Waals surface area contributed by atoms with Gasteiger partial charge in [-0.15, -0.1) is 10.2 Å². The lowest BCUT2D eigenvalue weighted by Gasteiger charge is -2.05. The molecule has 1 aromatic carbocycles. The number of rotatable bonds is 7. The average Bonchev–Trinajstić information content (AvgIpc) is 2.85. The SMILES string of the molecule is COCCn1cnnc1CCCc1ccccc1. The van der Waals surface area contributed by atoms with Crippen LogP contribution >= 0.6 is 0 Å². The first-order valence-corrected chi connectivity index (χ1v) is 6.29. The van der Waals surface area contributed by atoms with Crippen molar-refractivity contribution in [2.45, 2.75) is 25.8 Å². The van der Waals surface area contributed by atoms with Crippen LogP contribution in [0, 0.1) is 0 Å². The Bertz CT molecular complexity index is 453. The van der Waals surface area contributed by atoms with Crippen molar-refractivity contribution in [3.63, 3.8) is 0 Å². The lowest BCUT2D eigenvalue weighted by Crippen LogP contribution is -2.08. The second kappa shape index (κ2) is 6.91. The molecule has 0 amide bonds. The molecule has 0 unspecified atom stereocenters. The second-order valence-corrected chi connectivity index (χ2v) is 4.27. The van der Waals surface area contributed by atoms with E-state index < -0.39 is 0 Å². The van der Waals surface area contributed by atoms with E-state index in [1.165, 1.54) is 5.56 Å². The number of hydrogen-bond acceptors (Lipinski definition) is 3. The molecule has 0 atom stereocenters. The minimum atomic E-state index is 0.698. The molecule has 2 aromatic rings. The maximum absolute atomic E-state index is 5.07. The summed E-state index contributed by atoms with van der Waals surface area (Å²) in [6, 6.07) is 10.5. The molecule has 0 N–H and O–H groups in total. The summed E-state index contributed by atoms with van der Waals surface area (Å²) in [4.78, 5) is 0. The Morgan fingerprint density at radius 1 is 1.17 bits per heavy atom. The number of aryl methyl sites for hydroxylation is 2. The molecule has 0 aliphatic carbocycles. The Morgan fingerprint density at radius 2 is 2.00 bits per heavy atom. The molecular weight excluding hydrogens is 226 g/mol. The third-order valence-electron chi connectivity index (χ3n) is 2.94. The molecule has 1 aromatic heterocycles. The number of nitrogens with zero attached hydrogens (tertiary/aromatic N) is 3. The minimum Gasteiger partial charge on any atom is -0.383 e. The van der Waals surface area contributed by atoms with Crippen LogP contribution in [-0.2, 0) is 24.1 Å². The van der Waals surface area contributed by atoms with Crippen molar-refractivity contribution in [2.24, 2.45) is 0 Å². The van der Waals surface area contributed by atoms with E-state index in [9.17, 15) is 0 Å². The van der Waals surface area contributed by atoms with Crippen molar-refractivity contribution in [3.8, 4) is 0 Å². The molecule has 96 valence electrons. The summed E-state index contributed by atoms with van der Waals surface area (Å²) in [5, 5.41) is 8.12. The zero-order valence-corrected chi connectivity index (χ0v) is 10.7. The van der Waals surface area contributed by atoms with Crippen molar-refractivity contribution in [2.75, 3.05) is 13.7 Å². The molecular formula is C14H19N3O. The number of benzene rings is 1. The van der Waals surface area contributed by atoms with Gasteiger partial charge < -0.3 is 9.30 Å². The molecule has 4 heteroatoms. The van der Waals surface area contributed by atoms with Crippen LogP contribution in [0.5, 0.6) is 0 Å². The normalized spacial score (nSPS) is 10.7. The number of methoxy groups -OCH3 is 1. The summed E-state index contributed by atoms with van der Waals surface area (Å²) in [7, 11) is 1.71. The highest BCUT2D eigenvalue weighted by Gasteiger charge is 2.03. The Kier molecular flexibility index (Phi) is 4.90. The van der Waals surface area contributed by atoms with Gasteiger partial charge in [-0.05, 0) is 18.4 Å². The van der Waals surface area contributed by atoms with E-state index in [1.54, 1.807) is 13.4 Å². The Balaban J connectivity index is 1.81. The molecule has 0 aliphatic heterocycles. The Labute approximate surface area is 108 Å². The molecule has 18 heavy (non-hydrogen) atoms. The van der Waals surface area contributed by atoms with E-state index in [0.717, 1.165) is 31.6 Å². The van der Waals surface area contributed by atoms with Gasteiger partial charge in [0.1, 0.15) is 12.2 Å². The predicted molar refractivity (Wildman–Crippen MR) is 70.4 cm³/mol. The first kappa shape index (κ1) is 12.8. The fourth-order valence-electron chi connectivity index (χ4n) is 1.94. The van der Waals surface area contributed by atoms with E-state index in [-0.39, 0.29) is 0 Å². The monoisotopic (exact) mass is 245 g/mol. The van der Waals surface area contributed by atoms with Gasteiger partial charge in [0.25, 0.3) is 0 Å². The highest BCUT2D eigenvalue weighted by atomic mass is 16.5. The molecule has 2 rings (SSSR count). The van der Waals surface area contributed by atoms with Crippen molar-refractivity contribution in [3.05, 3.63) is 48.0 Å². The number of ether oxygens (including phenoxy) is 1. The smallest absolute Gasteiger partial charge is 0.132 e. The van der Waals surface area contributed by atoms with Crippen molar-refractivity contribution >= 4 is 0 Å². The van der Waals surface area contributed by atoms with Gasteiger partial charge in [-0.25, -0.2) is 0 Å².